The van der Waals surface area contributed by atoms with E-state index in [1.165, 1.54) is 32.5 Å². The molecule has 1 heterocycles. The minimum absolute atomic E-state index is 0.233. The van der Waals surface area contributed by atoms with Crippen molar-refractivity contribution in [2.45, 2.75) is 57.0 Å². The normalized spacial score (nSPS) is 24.7. The lowest BCUT2D eigenvalue weighted by molar-refractivity contribution is -0.201. The van der Waals surface area contributed by atoms with Gasteiger partial charge in [-0.05, 0) is 35.4 Å². The van der Waals surface area contributed by atoms with E-state index in [2.05, 4.69) is 10.0 Å². The fourth-order valence-corrected chi connectivity index (χ4v) is 4.62. The molecule has 1 saturated heterocycles. The van der Waals surface area contributed by atoms with E-state index in [0.29, 0.717) is 17.2 Å². The average molecular weight is 486 g/mol. The molecule has 1 aliphatic heterocycles. The number of aryl methyl sites for hydroxylation is 1. The minimum atomic E-state index is -1.11. The monoisotopic (exact) mass is 485 g/mol. The van der Waals surface area contributed by atoms with E-state index in [9.17, 15) is 14.4 Å². The summed E-state index contributed by atoms with van der Waals surface area (Å²) in [6.45, 7) is 3.39. The maximum Gasteiger partial charge on any atom is 0.303 e. The predicted molar refractivity (Wildman–Crippen MR) is 117 cm³/mol. The molecule has 1 aromatic carbocycles. The van der Waals surface area contributed by atoms with E-state index in [0.717, 1.165) is 5.56 Å². The van der Waals surface area contributed by atoms with Crippen LogP contribution in [0, 0.1) is 0 Å². The van der Waals surface area contributed by atoms with Gasteiger partial charge < -0.3 is 18.9 Å². The molecule has 0 bridgehead atoms. The van der Waals surface area contributed by atoms with Crippen molar-refractivity contribution in [1.82, 2.24) is 0 Å². The quantitative estimate of drug-likeness (QED) is 0.170. The van der Waals surface area contributed by atoms with Crippen molar-refractivity contribution in [3.8, 4) is 0 Å². The zero-order chi connectivity index (χ0) is 23.7. The summed E-state index contributed by atoms with van der Waals surface area (Å²) >= 11 is 7.36. The number of azide groups is 1. The van der Waals surface area contributed by atoms with Crippen LogP contribution in [-0.4, -0.2) is 60.1 Å². The summed E-state index contributed by atoms with van der Waals surface area (Å²) in [6.07, 6.45) is -2.41. The van der Waals surface area contributed by atoms with Crippen LogP contribution in [0.5, 0.6) is 0 Å². The lowest BCUT2D eigenvalue weighted by Gasteiger charge is -2.43. The second-order valence-electron chi connectivity index (χ2n) is 6.94. The predicted octanol–water partition coefficient (Wildman–Crippen LogP) is 3.45. The third-order valence-electron chi connectivity index (χ3n) is 4.42. The van der Waals surface area contributed by atoms with Crippen molar-refractivity contribution in [2.24, 2.45) is 5.11 Å². The van der Waals surface area contributed by atoms with Crippen molar-refractivity contribution in [2.75, 3.05) is 12.4 Å². The second kappa shape index (κ2) is 12.5. The summed E-state index contributed by atoms with van der Waals surface area (Å²) in [7, 11) is 0. The fourth-order valence-electron chi connectivity index (χ4n) is 3.19. The Hall–Kier alpha value is -2.46. The Balaban J connectivity index is 2.26. The highest BCUT2D eigenvalue weighted by Gasteiger charge is 2.49. The smallest absolute Gasteiger partial charge is 0.303 e. The molecule has 1 aliphatic rings. The van der Waals surface area contributed by atoms with Gasteiger partial charge in [0.1, 0.15) is 36.4 Å². The number of hydrogen-bond acceptors (Lipinski definition) is 9. The molecule has 1 fully saturated rings. The number of ether oxygens (including phenoxy) is 4. The van der Waals surface area contributed by atoms with Crippen molar-refractivity contribution in [3.05, 3.63) is 45.3 Å². The zero-order valence-corrected chi connectivity index (χ0v) is 19.4. The van der Waals surface area contributed by atoms with Crippen molar-refractivity contribution < 1.29 is 33.3 Å². The first-order valence-corrected chi connectivity index (χ1v) is 11.2. The average Bonchev–Trinajstić information content (AvgIpc) is 2.70. The lowest BCUT2D eigenvalue weighted by atomic mass is 9.97. The number of thioether (sulfide) groups is 1. The fraction of sp³-hybridized carbons (Fsp3) is 0.550. The first-order chi connectivity index (χ1) is 15.2. The first kappa shape index (κ1) is 25.8. The number of hydrogen-bond donors (Lipinski definition) is 0. The highest BCUT2D eigenvalue weighted by Crippen LogP contribution is 2.34. The highest BCUT2D eigenvalue weighted by molar-refractivity contribution is 7.99. The van der Waals surface area contributed by atoms with E-state index in [-0.39, 0.29) is 6.61 Å². The highest BCUT2D eigenvalue weighted by atomic mass is 35.5. The van der Waals surface area contributed by atoms with Crippen LogP contribution in [0.2, 0.25) is 5.02 Å². The SMILES string of the molecule is CC(=O)OC[C@H]1O[C@H](SCCc2cccc(Cl)c2)[C@H](OC(C)=O)[C@@H](N=[N+]=[N-])[C@H]1OC(C)=O. The molecule has 0 amide bonds. The van der Waals surface area contributed by atoms with E-state index in [1.807, 2.05) is 18.2 Å². The standard InChI is InChI=1S/C20H24ClN3O7S/c1-11(25)28-10-16-18(29-12(2)26)17(23-24-22)19(30-13(3)27)20(31-16)32-8-7-14-5-4-6-15(21)9-14/h4-6,9,16-20H,7-8,10H2,1-3H3/t16-,17+,18+,19-,20-/m1/s1. The lowest BCUT2D eigenvalue weighted by Crippen LogP contribution is -2.59. The zero-order valence-electron chi connectivity index (χ0n) is 17.8. The van der Waals surface area contributed by atoms with Crippen LogP contribution < -0.4 is 0 Å². The molecule has 32 heavy (non-hydrogen) atoms. The van der Waals surface area contributed by atoms with Crippen molar-refractivity contribution >= 4 is 41.3 Å². The molecule has 0 saturated carbocycles. The molecule has 0 N–H and O–H groups in total. The summed E-state index contributed by atoms with van der Waals surface area (Å²) in [4.78, 5) is 37.6. The molecule has 0 radical (unpaired) electrons. The molecule has 0 aromatic heterocycles. The molecule has 10 nitrogen and oxygen atoms in total. The third kappa shape index (κ3) is 7.90. The number of benzene rings is 1. The van der Waals surface area contributed by atoms with E-state index in [4.69, 9.17) is 36.1 Å². The molecule has 1 aromatic rings. The minimum Gasteiger partial charge on any atom is -0.463 e. The van der Waals surface area contributed by atoms with Crippen LogP contribution >= 0.6 is 23.4 Å². The number of rotatable bonds is 9. The number of nitrogens with zero attached hydrogens (tertiary/aromatic N) is 3. The Kier molecular flexibility index (Phi) is 10.1. The Labute approximate surface area is 194 Å². The van der Waals surface area contributed by atoms with E-state index in [1.54, 1.807) is 6.07 Å². The second-order valence-corrected chi connectivity index (χ2v) is 8.58. The largest absolute Gasteiger partial charge is 0.463 e. The van der Waals surface area contributed by atoms with Crippen LogP contribution in [0.1, 0.15) is 26.3 Å². The van der Waals surface area contributed by atoms with Gasteiger partial charge in [-0.15, -0.1) is 11.8 Å². The molecule has 5 atom stereocenters. The van der Waals surface area contributed by atoms with Crippen LogP contribution in [-0.2, 0) is 39.8 Å². The Morgan fingerprint density at radius 1 is 1.16 bits per heavy atom. The Bertz CT molecular complexity index is 881. The van der Waals surface area contributed by atoms with E-state index < -0.39 is 47.7 Å². The van der Waals surface area contributed by atoms with Crippen molar-refractivity contribution in [3.63, 3.8) is 0 Å². The molecule has 0 aliphatic carbocycles. The van der Waals surface area contributed by atoms with Gasteiger partial charge in [-0.25, -0.2) is 0 Å². The Morgan fingerprint density at radius 3 is 2.44 bits per heavy atom. The molecule has 174 valence electrons. The molecular formula is C20H24ClN3O7S. The van der Waals surface area contributed by atoms with Gasteiger partial charge in [0.2, 0.25) is 0 Å². The number of halogens is 1. The summed E-state index contributed by atoms with van der Waals surface area (Å²) in [5, 5.41) is 4.35. The number of esters is 3. The maximum atomic E-state index is 11.8. The molecular weight excluding hydrogens is 462 g/mol. The number of carbonyl (C=O) groups is 3. The van der Waals surface area contributed by atoms with Gasteiger partial charge >= 0.3 is 17.9 Å². The maximum absolute atomic E-state index is 11.8. The summed E-state index contributed by atoms with van der Waals surface area (Å²) in [5.41, 5.74) is 9.34. The molecule has 2 rings (SSSR count). The van der Waals surface area contributed by atoms with Crippen LogP contribution in [0.25, 0.3) is 10.4 Å². The summed E-state index contributed by atoms with van der Waals surface area (Å²) in [5.74, 6) is -1.26. The van der Waals surface area contributed by atoms with Crippen LogP contribution in [0.15, 0.2) is 29.4 Å². The van der Waals surface area contributed by atoms with Crippen molar-refractivity contribution in [1.29, 1.82) is 0 Å². The van der Waals surface area contributed by atoms with Gasteiger partial charge in [-0.2, -0.15) is 0 Å². The topological polar surface area (TPSA) is 137 Å². The molecule has 0 spiro atoms. The van der Waals surface area contributed by atoms with Gasteiger partial charge in [0.05, 0.1) is 0 Å². The van der Waals surface area contributed by atoms with Crippen LogP contribution in [0.4, 0.5) is 0 Å². The molecule has 12 heteroatoms. The van der Waals surface area contributed by atoms with Gasteiger partial charge in [0.25, 0.3) is 0 Å². The Morgan fingerprint density at radius 2 is 1.84 bits per heavy atom. The third-order valence-corrected chi connectivity index (χ3v) is 5.80. The van der Waals surface area contributed by atoms with Gasteiger partial charge in [0, 0.05) is 30.7 Å². The molecule has 0 unspecified atom stereocenters. The van der Waals surface area contributed by atoms with Gasteiger partial charge in [0.15, 0.2) is 0 Å². The van der Waals surface area contributed by atoms with E-state index >= 15 is 0 Å². The van der Waals surface area contributed by atoms with Crippen LogP contribution in [0.3, 0.4) is 0 Å². The van der Waals surface area contributed by atoms with Gasteiger partial charge in [-0.3, -0.25) is 14.4 Å². The number of carbonyl (C=O) groups excluding carboxylic acids is 3. The first-order valence-electron chi connectivity index (χ1n) is 9.74. The summed E-state index contributed by atoms with van der Waals surface area (Å²) < 4.78 is 21.8. The summed E-state index contributed by atoms with van der Waals surface area (Å²) in [6, 6.07) is 6.32. The van der Waals surface area contributed by atoms with Gasteiger partial charge in [-0.1, -0.05) is 28.8 Å².